The monoisotopic (exact) mass is 120 g/mol. The molecule has 0 aromatic carbocycles. The van der Waals surface area contributed by atoms with E-state index in [9.17, 15) is 0 Å². The Hall–Kier alpha value is -0.120. The molecule has 0 bridgehead atoms. The van der Waals surface area contributed by atoms with E-state index in [1.54, 1.807) is 0 Å². The molecule has 0 saturated heterocycles. The molecule has 0 aliphatic rings. The van der Waals surface area contributed by atoms with Gasteiger partial charge in [-0.1, -0.05) is 6.92 Å². The lowest BCUT2D eigenvalue weighted by molar-refractivity contribution is -0.297. The topological polar surface area (TPSA) is 38.7 Å². The maximum atomic E-state index is 8.16. The third-order valence-electron chi connectivity index (χ3n) is 0.545. The highest BCUT2D eigenvalue weighted by molar-refractivity contribution is 4.17. The van der Waals surface area contributed by atoms with Crippen LogP contribution in [0.1, 0.15) is 13.3 Å². The van der Waals surface area contributed by atoms with Gasteiger partial charge in [0.2, 0.25) is 0 Å². The maximum absolute atomic E-state index is 8.16. The first-order chi connectivity index (χ1) is 3.91. The van der Waals surface area contributed by atoms with Gasteiger partial charge in [-0.2, -0.15) is 0 Å². The molecule has 3 heteroatoms. The first kappa shape index (κ1) is 7.88. The van der Waals surface area contributed by atoms with Crippen molar-refractivity contribution in [1.82, 2.24) is 0 Å². The van der Waals surface area contributed by atoms with Crippen LogP contribution in [0, 0.1) is 0 Å². The van der Waals surface area contributed by atoms with Crippen LogP contribution in [0.4, 0.5) is 0 Å². The minimum Gasteiger partial charge on any atom is -0.394 e. The fourth-order valence-corrected chi connectivity index (χ4v) is 0.238. The molecule has 0 aliphatic heterocycles. The molecular weight excluding hydrogens is 108 g/mol. The van der Waals surface area contributed by atoms with Gasteiger partial charge in [-0.15, -0.1) is 0 Å². The van der Waals surface area contributed by atoms with Gasteiger partial charge in [0.25, 0.3) is 0 Å². The Morgan fingerprint density at radius 1 is 1.25 bits per heavy atom. The molecule has 0 heterocycles. The van der Waals surface area contributed by atoms with Crippen molar-refractivity contribution in [3.05, 3.63) is 0 Å². The van der Waals surface area contributed by atoms with E-state index in [1.807, 2.05) is 6.92 Å². The first-order valence-electron chi connectivity index (χ1n) is 2.77. The van der Waals surface area contributed by atoms with Gasteiger partial charge in [0.05, 0.1) is 13.2 Å². The number of hydrogen-bond acceptors (Lipinski definition) is 3. The molecule has 0 fully saturated rings. The van der Waals surface area contributed by atoms with Crippen molar-refractivity contribution in [2.45, 2.75) is 13.3 Å². The van der Waals surface area contributed by atoms with Crippen LogP contribution in [-0.4, -0.2) is 24.9 Å². The highest BCUT2D eigenvalue weighted by atomic mass is 17.2. The van der Waals surface area contributed by atoms with E-state index in [-0.39, 0.29) is 13.2 Å². The predicted molar refractivity (Wildman–Crippen MR) is 29.3 cm³/mol. The van der Waals surface area contributed by atoms with Crippen LogP contribution in [0.3, 0.4) is 0 Å². The fourth-order valence-electron chi connectivity index (χ4n) is 0.238. The molecule has 0 amide bonds. The Kier molecular flexibility index (Phi) is 6.78. The van der Waals surface area contributed by atoms with E-state index in [0.29, 0.717) is 6.61 Å². The SMILES string of the molecule is CCCOOCCO. The van der Waals surface area contributed by atoms with Crippen molar-refractivity contribution in [2.24, 2.45) is 0 Å². The zero-order chi connectivity index (χ0) is 6.24. The molecule has 0 spiro atoms. The highest BCUT2D eigenvalue weighted by Crippen LogP contribution is 1.80. The van der Waals surface area contributed by atoms with Crippen molar-refractivity contribution < 1.29 is 14.9 Å². The molecule has 50 valence electrons. The minimum atomic E-state index is 0.0176. The van der Waals surface area contributed by atoms with Gasteiger partial charge in [-0.05, 0) is 6.42 Å². The molecule has 0 aromatic rings. The summed E-state index contributed by atoms with van der Waals surface area (Å²) in [4.78, 5) is 9.04. The quantitative estimate of drug-likeness (QED) is 0.323. The van der Waals surface area contributed by atoms with Crippen molar-refractivity contribution >= 4 is 0 Å². The Morgan fingerprint density at radius 2 is 1.88 bits per heavy atom. The second-order valence-electron chi connectivity index (χ2n) is 1.37. The lowest BCUT2D eigenvalue weighted by atomic mass is 10.5. The largest absolute Gasteiger partial charge is 0.394 e. The zero-order valence-electron chi connectivity index (χ0n) is 5.09. The molecular formula is C5H12O3. The van der Waals surface area contributed by atoms with Gasteiger partial charge in [0, 0.05) is 0 Å². The van der Waals surface area contributed by atoms with E-state index in [0.717, 1.165) is 6.42 Å². The van der Waals surface area contributed by atoms with Gasteiger partial charge in [0.15, 0.2) is 0 Å². The van der Waals surface area contributed by atoms with E-state index >= 15 is 0 Å². The summed E-state index contributed by atoms with van der Waals surface area (Å²) in [5, 5.41) is 8.16. The van der Waals surface area contributed by atoms with Crippen LogP contribution in [-0.2, 0) is 9.78 Å². The highest BCUT2D eigenvalue weighted by Gasteiger charge is 1.82. The van der Waals surface area contributed by atoms with Crippen LogP contribution < -0.4 is 0 Å². The Labute approximate surface area is 49.1 Å². The summed E-state index contributed by atoms with van der Waals surface area (Å²) in [6, 6.07) is 0. The molecule has 0 saturated carbocycles. The lowest BCUT2D eigenvalue weighted by Crippen LogP contribution is -2.00. The predicted octanol–water partition coefficient (Wildman–Crippen LogP) is 0.337. The summed E-state index contributed by atoms with van der Waals surface area (Å²) in [6.07, 6.45) is 0.936. The fraction of sp³-hybridized carbons (Fsp3) is 1.00. The summed E-state index contributed by atoms with van der Waals surface area (Å²) in [6.45, 7) is 2.87. The number of aliphatic hydroxyl groups excluding tert-OH is 1. The summed E-state index contributed by atoms with van der Waals surface area (Å²) in [5.74, 6) is 0. The molecule has 3 nitrogen and oxygen atoms in total. The molecule has 0 radical (unpaired) electrons. The van der Waals surface area contributed by atoms with Crippen LogP contribution in [0.25, 0.3) is 0 Å². The zero-order valence-corrected chi connectivity index (χ0v) is 5.09. The molecule has 8 heavy (non-hydrogen) atoms. The van der Waals surface area contributed by atoms with Crippen LogP contribution in [0.5, 0.6) is 0 Å². The van der Waals surface area contributed by atoms with Gasteiger partial charge in [0.1, 0.15) is 6.61 Å². The third-order valence-corrected chi connectivity index (χ3v) is 0.545. The molecule has 0 aromatic heterocycles. The molecule has 0 unspecified atom stereocenters. The summed E-state index contributed by atoms with van der Waals surface area (Å²) in [5.41, 5.74) is 0. The summed E-state index contributed by atoms with van der Waals surface area (Å²) >= 11 is 0. The number of rotatable bonds is 5. The second-order valence-corrected chi connectivity index (χ2v) is 1.37. The van der Waals surface area contributed by atoms with E-state index in [2.05, 4.69) is 9.78 Å². The average molecular weight is 120 g/mol. The van der Waals surface area contributed by atoms with Gasteiger partial charge in [-0.25, -0.2) is 9.78 Å². The first-order valence-corrected chi connectivity index (χ1v) is 2.77. The van der Waals surface area contributed by atoms with Crippen LogP contribution >= 0.6 is 0 Å². The van der Waals surface area contributed by atoms with E-state index < -0.39 is 0 Å². The van der Waals surface area contributed by atoms with Crippen molar-refractivity contribution in [1.29, 1.82) is 0 Å². The average Bonchev–Trinajstić information content (AvgIpc) is 1.81. The van der Waals surface area contributed by atoms with Gasteiger partial charge in [-0.3, -0.25) is 0 Å². The Bertz CT molecular complexity index is 32.7. The van der Waals surface area contributed by atoms with Gasteiger partial charge < -0.3 is 5.11 Å². The molecule has 0 rings (SSSR count). The molecule has 0 atom stereocenters. The number of aliphatic hydroxyl groups is 1. The maximum Gasteiger partial charge on any atom is 0.105 e. The van der Waals surface area contributed by atoms with Crippen molar-refractivity contribution in [3.63, 3.8) is 0 Å². The smallest absolute Gasteiger partial charge is 0.105 e. The lowest BCUT2D eigenvalue weighted by Gasteiger charge is -1.97. The van der Waals surface area contributed by atoms with E-state index in [4.69, 9.17) is 5.11 Å². The van der Waals surface area contributed by atoms with Crippen molar-refractivity contribution in [2.75, 3.05) is 19.8 Å². The Balaban J connectivity index is 2.53. The van der Waals surface area contributed by atoms with Crippen molar-refractivity contribution in [3.8, 4) is 0 Å². The standard InChI is InChI=1S/C5H12O3/c1-2-4-7-8-5-3-6/h6H,2-5H2,1H3. The van der Waals surface area contributed by atoms with Gasteiger partial charge >= 0.3 is 0 Å². The van der Waals surface area contributed by atoms with Crippen LogP contribution in [0.2, 0.25) is 0 Å². The second kappa shape index (κ2) is 6.88. The third kappa shape index (κ3) is 5.88. The minimum absolute atomic E-state index is 0.0176. The van der Waals surface area contributed by atoms with E-state index in [1.165, 1.54) is 0 Å². The summed E-state index contributed by atoms with van der Waals surface area (Å²) < 4.78 is 0. The molecule has 0 aliphatic carbocycles. The Morgan fingerprint density at radius 3 is 2.38 bits per heavy atom. The normalized spacial score (nSPS) is 9.75. The molecule has 1 N–H and O–H groups in total. The summed E-state index contributed by atoms with van der Waals surface area (Å²) in [7, 11) is 0. The number of hydrogen-bond donors (Lipinski definition) is 1. The van der Waals surface area contributed by atoms with Crippen LogP contribution in [0.15, 0.2) is 0 Å².